The highest BCUT2D eigenvalue weighted by molar-refractivity contribution is 7.93. The molecule has 1 atom stereocenters. The molecule has 0 fully saturated rings. The number of nitrogens with zero attached hydrogens (tertiary/aromatic N) is 3. The van der Waals surface area contributed by atoms with E-state index in [-0.39, 0.29) is 11.4 Å². The van der Waals surface area contributed by atoms with Gasteiger partial charge in [-0.05, 0) is 41.1 Å². The minimum Gasteiger partial charge on any atom is -0.467 e. The van der Waals surface area contributed by atoms with Gasteiger partial charge in [-0.1, -0.05) is 30.3 Å². The maximum atomic E-state index is 13.5. The van der Waals surface area contributed by atoms with E-state index in [0.717, 1.165) is 16.0 Å². The van der Waals surface area contributed by atoms with E-state index in [1.807, 2.05) is 29.6 Å². The van der Waals surface area contributed by atoms with Crippen LogP contribution in [0.3, 0.4) is 0 Å². The SMILES string of the molecule is O=C(CN1c2cccc3cccc(c23)S1(=O)=O)N1N=C(c2cccs2)CC1c1ccco1. The Morgan fingerprint density at radius 3 is 2.69 bits per heavy atom. The molecule has 9 heteroatoms. The Kier molecular flexibility index (Phi) is 4.24. The average molecular weight is 464 g/mol. The zero-order valence-corrected chi connectivity index (χ0v) is 18.3. The Morgan fingerprint density at radius 1 is 1.09 bits per heavy atom. The van der Waals surface area contributed by atoms with Gasteiger partial charge in [-0.3, -0.25) is 9.10 Å². The van der Waals surface area contributed by atoms with Gasteiger partial charge >= 0.3 is 0 Å². The third-order valence-electron chi connectivity index (χ3n) is 5.80. The van der Waals surface area contributed by atoms with E-state index in [1.165, 1.54) is 9.31 Å². The van der Waals surface area contributed by atoms with Crippen LogP contribution in [0, 0.1) is 0 Å². The van der Waals surface area contributed by atoms with Gasteiger partial charge in [-0.2, -0.15) is 5.10 Å². The smallest absolute Gasteiger partial charge is 0.265 e. The zero-order chi connectivity index (χ0) is 21.9. The van der Waals surface area contributed by atoms with E-state index in [0.29, 0.717) is 23.3 Å². The minimum absolute atomic E-state index is 0.227. The van der Waals surface area contributed by atoms with Crippen LogP contribution < -0.4 is 4.31 Å². The molecule has 2 aliphatic rings. The van der Waals surface area contributed by atoms with Gasteiger partial charge < -0.3 is 4.42 Å². The molecule has 0 spiro atoms. The van der Waals surface area contributed by atoms with Crippen LogP contribution in [0.25, 0.3) is 10.8 Å². The largest absolute Gasteiger partial charge is 0.467 e. The second-order valence-electron chi connectivity index (χ2n) is 7.64. The van der Waals surface area contributed by atoms with Crippen molar-refractivity contribution < 1.29 is 17.6 Å². The molecule has 0 N–H and O–H groups in total. The number of carbonyl (C=O) groups excluding carboxylic acids is 1. The molecule has 160 valence electrons. The molecule has 6 rings (SSSR count). The standard InChI is InChI=1S/C23H17N3O4S2/c27-22(14-25-17-7-1-5-15-6-2-10-21(23(15)17)32(25,28)29)26-18(19-8-3-11-30-19)13-16(24-26)20-9-4-12-31-20/h1-12,18H,13-14H2. The molecule has 2 aliphatic heterocycles. The number of benzene rings is 2. The van der Waals surface area contributed by atoms with E-state index in [4.69, 9.17) is 4.42 Å². The zero-order valence-electron chi connectivity index (χ0n) is 16.7. The first-order valence-electron chi connectivity index (χ1n) is 10.1. The van der Waals surface area contributed by atoms with Gasteiger partial charge in [0.2, 0.25) is 0 Å². The maximum absolute atomic E-state index is 13.5. The van der Waals surface area contributed by atoms with Crippen molar-refractivity contribution in [2.24, 2.45) is 5.10 Å². The van der Waals surface area contributed by atoms with Gasteiger partial charge in [-0.25, -0.2) is 13.4 Å². The number of thiophene rings is 1. The predicted molar refractivity (Wildman–Crippen MR) is 122 cm³/mol. The van der Waals surface area contributed by atoms with E-state index in [2.05, 4.69) is 5.10 Å². The summed E-state index contributed by atoms with van der Waals surface area (Å²) >= 11 is 1.55. The quantitative estimate of drug-likeness (QED) is 0.450. The summed E-state index contributed by atoms with van der Waals surface area (Å²) < 4.78 is 33.3. The van der Waals surface area contributed by atoms with Crippen molar-refractivity contribution in [1.82, 2.24) is 5.01 Å². The number of sulfonamides is 1. The summed E-state index contributed by atoms with van der Waals surface area (Å²) in [5.74, 6) is 0.203. The highest BCUT2D eigenvalue weighted by Gasteiger charge is 2.41. The third-order valence-corrected chi connectivity index (χ3v) is 8.52. The van der Waals surface area contributed by atoms with Crippen LogP contribution in [0.4, 0.5) is 5.69 Å². The predicted octanol–water partition coefficient (Wildman–Crippen LogP) is 4.38. The number of furan rings is 1. The number of rotatable bonds is 4. The Labute approximate surface area is 188 Å². The average Bonchev–Trinajstić information content (AvgIpc) is 3.57. The second-order valence-corrected chi connectivity index (χ2v) is 10.4. The summed E-state index contributed by atoms with van der Waals surface area (Å²) in [6.07, 6.45) is 2.06. The number of hydrogen-bond donors (Lipinski definition) is 0. The van der Waals surface area contributed by atoms with Gasteiger partial charge in [0.25, 0.3) is 15.9 Å². The topological polar surface area (TPSA) is 83.2 Å². The Hall–Kier alpha value is -3.43. The molecule has 4 heterocycles. The van der Waals surface area contributed by atoms with Crippen molar-refractivity contribution >= 4 is 49.4 Å². The van der Waals surface area contributed by atoms with Crippen LogP contribution in [0.2, 0.25) is 0 Å². The van der Waals surface area contributed by atoms with Gasteiger partial charge in [0, 0.05) is 11.8 Å². The Bertz CT molecular complexity index is 1470. The van der Waals surface area contributed by atoms with Crippen LogP contribution >= 0.6 is 11.3 Å². The maximum Gasteiger partial charge on any atom is 0.265 e. The molecule has 0 saturated heterocycles. The van der Waals surface area contributed by atoms with Crippen molar-refractivity contribution in [3.8, 4) is 0 Å². The number of hydrazone groups is 1. The lowest BCUT2D eigenvalue weighted by Gasteiger charge is -2.24. The van der Waals surface area contributed by atoms with Gasteiger partial charge in [0.15, 0.2) is 0 Å². The van der Waals surface area contributed by atoms with E-state index < -0.39 is 22.0 Å². The van der Waals surface area contributed by atoms with Crippen molar-refractivity contribution in [3.63, 3.8) is 0 Å². The molecular weight excluding hydrogens is 446 g/mol. The Morgan fingerprint density at radius 2 is 1.94 bits per heavy atom. The lowest BCUT2D eigenvalue weighted by molar-refractivity contribution is -0.131. The number of carbonyl (C=O) groups is 1. The fourth-order valence-electron chi connectivity index (χ4n) is 4.36. The van der Waals surface area contributed by atoms with Crippen molar-refractivity contribution in [2.75, 3.05) is 10.8 Å². The highest BCUT2D eigenvalue weighted by Crippen LogP contribution is 2.42. The summed E-state index contributed by atoms with van der Waals surface area (Å²) in [7, 11) is -3.84. The summed E-state index contributed by atoms with van der Waals surface area (Å²) in [5, 5.41) is 9.38. The summed E-state index contributed by atoms with van der Waals surface area (Å²) in [6.45, 7) is -0.339. The Balaban J connectivity index is 1.38. The molecule has 32 heavy (non-hydrogen) atoms. The number of amides is 1. The van der Waals surface area contributed by atoms with Crippen molar-refractivity contribution in [2.45, 2.75) is 17.4 Å². The molecule has 1 unspecified atom stereocenters. The summed E-state index contributed by atoms with van der Waals surface area (Å²) in [5.41, 5.74) is 1.30. The van der Waals surface area contributed by atoms with Crippen LogP contribution in [-0.4, -0.2) is 31.6 Å². The first kappa shape index (κ1) is 19.3. The second kappa shape index (κ2) is 7.04. The molecule has 0 bridgehead atoms. The molecular formula is C23H17N3O4S2. The molecule has 7 nitrogen and oxygen atoms in total. The highest BCUT2D eigenvalue weighted by atomic mass is 32.2. The monoisotopic (exact) mass is 463 g/mol. The number of anilines is 1. The minimum atomic E-state index is -3.84. The van der Waals surface area contributed by atoms with Crippen LogP contribution in [0.1, 0.15) is 23.1 Å². The first-order chi connectivity index (χ1) is 15.5. The third kappa shape index (κ3) is 2.81. The van der Waals surface area contributed by atoms with E-state index in [1.54, 1.807) is 54.0 Å². The summed E-state index contributed by atoms with van der Waals surface area (Å²) in [4.78, 5) is 14.7. The van der Waals surface area contributed by atoms with Crippen molar-refractivity contribution in [1.29, 1.82) is 0 Å². The molecule has 0 aliphatic carbocycles. The lowest BCUT2D eigenvalue weighted by atomic mass is 10.1. The van der Waals surface area contributed by atoms with Gasteiger partial charge in [0.05, 0.1) is 27.4 Å². The molecule has 0 saturated carbocycles. The molecule has 2 aromatic carbocycles. The van der Waals surface area contributed by atoms with Crippen molar-refractivity contribution in [3.05, 3.63) is 82.9 Å². The van der Waals surface area contributed by atoms with Crippen LogP contribution in [0.5, 0.6) is 0 Å². The molecule has 2 aromatic heterocycles. The fraction of sp³-hybridized carbons (Fsp3) is 0.130. The lowest BCUT2D eigenvalue weighted by Crippen LogP contribution is -2.39. The molecule has 0 radical (unpaired) electrons. The molecule has 4 aromatic rings. The van der Waals surface area contributed by atoms with Crippen LogP contribution in [-0.2, 0) is 14.8 Å². The fourth-order valence-corrected chi connectivity index (χ4v) is 6.74. The normalized spacial score (nSPS) is 19.0. The van der Waals surface area contributed by atoms with Gasteiger partial charge in [-0.15, -0.1) is 11.3 Å². The van der Waals surface area contributed by atoms with E-state index in [9.17, 15) is 13.2 Å². The first-order valence-corrected chi connectivity index (χ1v) is 12.4. The number of hydrogen-bond acceptors (Lipinski definition) is 6. The van der Waals surface area contributed by atoms with Crippen LogP contribution in [0.15, 0.2) is 86.7 Å². The summed E-state index contributed by atoms with van der Waals surface area (Å²) in [6, 6.07) is 17.6. The van der Waals surface area contributed by atoms with E-state index >= 15 is 0 Å². The molecule has 1 amide bonds. The van der Waals surface area contributed by atoms with Gasteiger partial charge in [0.1, 0.15) is 18.3 Å².